The number of Topliss-reactive ketones (excluding diaryl/α,β-unsaturated/α-hetero) is 1. The zero-order valence-electron chi connectivity index (χ0n) is 10.0. The quantitative estimate of drug-likeness (QED) is 0.699. The molecule has 1 rings (SSSR count). The third-order valence-corrected chi connectivity index (χ3v) is 2.27. The van der Waals surface area contributed by atoms with Crippen molar-refractivity contribution in [2.45, 2.75) is 34.1 Å². The predicted molar refractivity (Wildman–Crippen MR) is 59.5 cm³/mol. The van der Waals surface area contributed by atoms with Crippen molar-refractivity contribution in [1.29, 1.82) is 0 Å². The molecule has 1 aromatic rings. The summed E-state index contributed by atoms with van der Waals surface area (Å²) in [6.45, 7) is 7.12. The lowest BCUT2D eigenvalue weighted by atomic mass is 9.87. The highest BCUT2D eigenvalue weighted by molar-refractivity contribution is 5.96. The lowest BCUT2D eigenvalue weighted by Crippen LogP contribution is -2.15. The summed E-state index contributed by atoms with van der Waals surface area (Å²) in [7, 11) is 0. The molecule has 0 aliphatic heterocycles. The van der Waals surface area contributed by atoms with E-state index in [0.29, 0.717) is 0 Å². The fourth-order valence-corrected chi connectivity index (χ4v) is 1.44. The molecule has 0 fully saturated rings. The van der Waals surface area contributed by atoms with Gasteiger partial charge in [0.15, 0.2) is 17.4 Å². The molecule has 0 radical (unpaired) electrons. The summed E-state index contributed by atoms with van der Waals surface area (Å²) in [5.41, 5.74) is -0.173. The summed E-state index contributed by atoms with van der Waals surface area (Å²) in [6, 6.07) is 2.77. The second-order valence-corrected chi connectivity index (χ2v) is 5.22. The number of ketones is 1. The maximum absolute atomic E-state index is 13.5. The predicted octanol–water partition coefficient (Wildman–Crippen LogP) is 3.89. The summed E-state index contributed by atoms with van der Waals surface area (Å²) in [5.74, 6) is -2.32. The van der Waals surface area contributed by atoms with E-state index in [1.807, 2.05) is 20.8 Å². The van der Waals surface area contributed by atoms with Crippen molar-refractivity contribution < 1.29 is 13.6 Å². The van der Waals surface area contributed by atoms with E-state index in [0.717, 1.165) is 0 Å². The third kappa shape index (κ3) is 2.87. The van der Waals surface area contributed by atoms with Crippen LogP contribution in [0.4, 0.5) is 8.78 Å². The highest BCUT2D eigenvalue weighted by Gasteiger charge is 2.22. The Morgan fingerprint density at radius 3 is 2.25 bits per heavy atom. The van der Waals surface area contributed by atoms with Crippen LogP contribution in [-0.2, 0) is 0 Å². The van der Waals surface area contributed by atoms with Gasteiger partial charge in [0.2, 0.25) is 0 Å². The first kappa shape index (κ1) is 12.8. The minimum absolute atomic E-state index is 0.155. The molecule has 0 aliphatic carbocycles. The monoisotopic (exact) mass is 226 g/mol. The molecule has 0 spiro atoms. The van der Waals surface area contributed by atoms with Gasteiger partial charge >= 0.3 is 0 Å². The Kier molecular flexibility index (Phi) is 3.46. The van der Waals surface area contributed by atoms with Crippen molar-refractivity contribution in [3.8, 4) is 0 Å². The van der Waals surface area contributed by atoms with Crippen molar-refractivity contribution in [3.63, 3.8) is 0 Å². The van der Waals surface area contributed by atoms with Gasteiger partial charge in [0.25, 0.3) is 0 Å². The summed E-state index contributed by atoms with van der Waals surface area (Å²) in [5, 5.41) is 0. The first-order valence-electron chi connectivity index (χ1n) is 5.20. The molecule has 0 bridgehead atoms. The number of aryl methyl sites for hydroxylation is 1. The Bertz CT molecular complexity index is 417. The molecule has 0 unspecified atom stereocenters. The van der Waals surface area contributed by atoms with Gasteiger partial charge in [-0.25, -0.2) is 8.78 Å². The first-order chi connectivity index (χ1) is 7.22. The largest absolute Gasteiger partial charge is 0.294 e. The number of hydrogen-bond acceptors (Lipinski definition) is 1. The lowest BCUT2D eigenvalue weighted by molar-refractivity contribution is 0.0935. The average molecular weight is 226 g/mol. The number of carbonyl (C=O) groups is 1. The summed E-state index contributed by atoms with van der Waals surface area (Å²) < 4.78 is 26.7. The number of hydrogen-bond donors (Lipinski definition) is 0. The van der Waals surface area contributed by atoms with Crippen molar-refractivity contribution in [1.82, 2.24) is 0 Å². The molecule has 0 heterocycles. The first-order valence-corrected chi connectivity index (χ1v) is 5.20. The van der Waals surface area contributed by atoms with Crippen molar-refractivity contribution in [3.05, 3.63) is 34.9 Å². The Hall–Kier alpha value is -1.25. The van der Waals surface area contributed by atoms with Gasteiger partial charge < -0.3 is 0 Å². The fraction of sp³-hybridized carbons (Fsp3) is 0.462. The van der Waals surface area contributed by atoms with Gasteiger partial charge in [0, 0.05) is 6.42 Å². The molecule has 16 heavy (non-hydrogen) atoms. The zero-order chi connectivity index (χ0) is 12.5. The fourth-order valence-electron chi connectivity index (χ4n) is 1.44. The molecule has 0 aliphatic rings. The molecule has 3 heteroatoms. The molecule has 0 saturated heterocycles. The topological polar surface area (TPSA) is 17.1 Å². The van der Waals surface area contributed by atoms with Gasteiger partial charge in [-0.05, 0) is 24.0 Å². The van der Waals surface area contributed by atoms with Crippen LogP contribution >= 0.6 is 0 Å². The van der Waals surface area contributed by atoms with Gasteiger partial charge in [0.1, 0.15) is 0 Å². The van der Waals surface area contributed by atoms with Crippen LogP contribution in [0.2, 0.25) is 0 Å². The molecule has 1 aromatic carbocycles. The van der Waals surface area contributed by atoms with E-state index in [2.05, 4.69) is 0 Å². The molecule has 88 valence electrons. The Labute approximate surface area is 94.5 Å². The van der Waals surface area contributed by atoms with Crippen LogP contribution in [0.3, 0.4) is 0 Å². The van der Waals surface area contributed by atoms with E-state index in [1.54, 1.807) is 0 Å². The van der Waals surface area contributed by atoms with E-state index < -0.39 is 11.6 Å². The van der Waals surface area contributed by atoms with E-state index in [9.17, 15) is 13.6 Å². The second kappa shape index (κ2) is 4.32. The SMILES string of the molecule is Cc1ccc(C(=O)CC(C)(C)C)c(F)c1F. The molecular weight excluding hydrogens is 210 g/mol. The maximum Gasteiger partial charge on any atom is 0.169 e. The lowest BCUT2D eigenvalue weighted by Gasteiger charge is -2.17. The Morgan fingerprint density at radius 2 is 1.75 bits per heavy atom. The molecule has 0 N–H and O–H groups in total. The number of halogens is 2. The van der Waals surface area contributed by atoms with Gasteiger partial charge in [-0.1, -0.05) is 26.8 Å². The Balaban J connectivity index is 3.06. The van der Waals surface area contributed by atoms with E-state index >= 15 is 0 Å². The molecular formula is C13H16F2O. The van der Waals surface area contributed by atoms with Crippen LogP contribution in [0, 0.1) is 24.0 Å². The molecule has 0 aromatic heterocycles. The van der Waals surface area contributed by atoms with Gasteiger partial charge in [0.05, 0.1) is 5.56 Å². The highest BCUT2D eigenvalue weighted by Crippen LogP contribution is 2.24. The van der Waals surface area contributed by atoms with Crippen LogP contribution < -0.4 is 0 Å². The minimum Gasteiger partial charge on any atom is -0.294 e. The van der Waals surface area contributed by atoms with Crippen LogP contribution in [0.5, 0.6) is 0 Å². The van der Waals surface area contributed by atoms with Gasteiger partial charge in [-0.15, -0.1) is 0 Å². The van der Waals surface area contributed by atoms with E-state index in [4.69, 9.17) is 0 Å². The summed E-state index contributed by atoms with van der Waals surface area (Å²) in [4.78, 5) is 11.7. The maximum atomic E-state index is 13.5. The molecule has 1 nitrogen and oxygen atoms in total. The van der Waals surface area contributed by atoms with Crippen molar-refractivity contribution in [2.75, 3.05) is 0 Å². The average Bonchev–Trinajstić information content (AvgIpc) is 2.11. The van der Waals surface area contributed by atoms with Gasteiger partial charge in [-0.3, -0.25) is 4.79 Å². The summed E-state index contributed by atoms with van der Waals surface area (Å²) in [6.07, 6.45) is 0.201. The zero-order valence-corrected chi connectivity index (χ0v) is 10.0. The standard InChI is InChI=1S/C13H16F2O/c1-8-5-6-9(12(15)11(8)14)10(16)7-13(2,3)4/h5-6H,7H2,1-4H3. The van der Waals surface area contributed by atoms with Crippen molar-refractivity contribution >= 4 is 5.78 Å². The van der Waals surface area contributed by atoms with Crippen LogP contribution in [0.15, 0.2) is 12.1 Å². The highest BCUT2D eigenvalue weighted by atomic mass is 19.2. The van der Waals surface area contributed by atoms with E-state index in [1.165, 1.54) is 19.1 Å². The van der Waals surface area contributed by atoms with E-state index in [-0.39, 0.29) is 28.7 Å². The van der Waals surface area contributed by atoms with Crippen LogP contribution in [0.1, 0.15) is 43.1 Å². The number of carbonyl (C=O) groups excluding carboxylic acids is 1. The number of benzene rings is 1. The summed E-state index contributed by atoms with van der Waals surface area (Å²) >= 11 is 0. The van der Waals surface area contributed by atoms with Crippen LogP contribution in [-0.4, -0.2) is 5.78 Å². The van der Waals surface area contributed by atoms with Crippen molar-refractivity contribution in [2.24, 2.45) is 5.41 Å². The molecule has 0 amide bonds. The molecule has 0 saturated carbocycles. The third-order valence-electron chi connectivity index (χ3n) is 2.27. The Morgan fingerprint density at radius 1 is 1.19 bits per heavy atom. The smallest absolute Gasteiger partial charge is 0.169 e. The number of rotatable bonds is 2. The van der Waals surface area contributed by atoms with Crippen LogP contribution in [0.25, 0.3) is 0 Å². The van der Waals surface area contributed by atoms with Gasteiger partial charge in [-0.2, -0.15) is 0 Å². The normalized spacial score (nSPS) is 11.6. The second-order valence-electron chi connectivity index (χ2n) is 5.22. The molecule has 0 atom stereocenters. The minimum atomic E-state index is -1.03.